The Kier molecular flexibility index (Phi) is 6.20. The molecule has 0 heterocycles. The molecule has 1 amide bonds. The Morgan fingerprint density at radius 2 is 1.76 bits per heavy atom. The lowest BCUT2D eigenvalue weighted by atomic mass is 9.55. The lowest BCUT2D eigenvalue weighted by molar-refractivity contribution is -0.183. The van der Waals surface area contributed by atoms with Gasteiger partial charge in [0, 0.05) is 11.5 Å². The number of primary amides is 1. The number of esters is 1. The third-order valence-electron chi connectivity index (χ3n) is 7.69. The molecule has 11 heteroatoms. The summed E-state index contributed by atoms with van der Waals surface area (Å²) in [4.78, 5) is 53.8. The first-order chi connectivity index (χ1) is 17.2. The van der Waals surface area contributed by atoms with Gasteiger partial charge in [-0.1, -0.05) is 32.9 Å². The van der Waals surface area contributed by atoms with Crippen LogP contribution in [-0.2, 0) is 19.1 Å². The second-order valence-corrected chi connectivity index (χ2v) is 10.4. The molecular weight excluding hydrogens is 484 g/mol. The van der Waals surface area contributed by atoms with E-state index >= 15 is 0 Å². The van der Waals surface area contributed by atoms with Gasteiger partial charge in [-0.2, -0.15) is 0 Å². The first-order valence-electron chi connectivity index (χ1n) is 11.8. The van der Waals surface area contributed by atoms with Gasteiger partial charge in [-0.15, -0.1) is 0 Å². The number of aliphatic hydroxyl groups is 3. The number of hydrogen-bond acceptors (Lipinski definition) is 10. The van der Waals surface area contributed by atoms with Crippen molar-refractivity contribution in [1.82, 2.24) is 4.90 Å². The molecule has 0 saturated heterocycles. The summed E-state index contributed by atoms with van der Waals surface area (Å²) >= 11 is 0. The highest BCUT2D eigenvalue weighted by atomic mass is 16.5. The molecule has 4 rings (SSSR count). The monoisotopic (exact) mass is 514 g/mol. The largest absolute Gasteiger partial charge is 0.510 e. The summed E-state index contributed by atoms with van der Waals surface area (Å²) in [5.41, 5.74) is 1.36. The maximum Gasteiger partial charge on any atom is 0.308 e. The van der Waals surface area contributed by atoms with Crippen LogP contribution < -0.4 is 5.73 Å². The Morgan fingerprint density at radius 1 is 1.14 bits per heavy atom. The number of fused-ring (bicyclic) bond motifs is 3. The normalized spacial score (nSPS) is 31.3. The molecule has 0 radical (unpaired) electrons. The van der Waals surface area contributed by atoms with Crippen molar-refractivity contribution >= 4 is 23.4 Å². The zero-order valence-electron chi connectivity index (χ0n) is 21.1. The second-order valence-electron chi connectivity index (χ2n) is 10.4. The molecule has 0 aliphatic heterocycles. The summed E-state index contributed by atoms with van der Waals surface area (Å²) < 4.78 is 5.85. The van der Waals surface area contributed by atoms with Gasteiger partial charge in [-0.25, -0.2) is 0 Å². The van der Waals surface area contributed by atoms with Crippen molar-refractivity contribution in [2.45, 2.75) is 44.4 Å². The van der Waals surface area contributed by atoms with Gasteiger partial charge >= 0.3 is 5.97 Å². The fraction of sp³-hybridized carbons (Fsp3) is 0.462. The zero-order chi connectivity index (χ0) is 27.7. The van der Waals surface area contributed by atoms with Crippen LogP contribution in [0.5, 0.6) is 5.75 Å². The molecule has 3 aliphatic carbocycles. The van der Waals surface area contributed by atoms with Gasteiger partial charge < -0.3 is 30.9 Å². The van der Waals surface area contributed by atoms with Gasteiger partial charge in [-0.05, 0) is 31.6 Å². The number of carbonyl (C=O) groups is 4. The molecule has 0 aromatic heterocycles. The molecule has 0 unspecified atom stereocenters. The number of nitrogens with two attached hydrogens (primary N) is 1. The average molecular weight is 515 g/mol. The summed E-state index contributed by atoms with van der Waals surface area (Å²) in [5.74, 6) is -10.3. The van der Waals surface area contributed by atoms with Crippen molar-refractivity contribution in [1.29, 1.82) is 0 Å². The molecule has 6 N–H and O–H groups in total. The number of likely N-dealkylation sites (N-methyl/N-ethyl adjacent to an activating group) is 1. The van der Waals surface area contributed by atoms with Gasteiger partial charge in [0.2, 0.25) is 5.78 Å². The number of carbonyl (C=O) groups excluding carboxylic acids is 4. The highest BCUT2D eigenvalue weighted by molar-refractivity contribution is 6.25. The quantitative estimate of drug-likeness (QED) is 0.285. The Labute approximate surface area is 212 Å². The van der Waals surface area contributed by atoms with Crippen LogP contribution in [0, 0.1) is 17.8 Å². The molecule has 37 heavy (non-hydrogen) atoms. The van der Waals surface area contributed by atoms with E-state index in [2.05, 4.69) is 0 Å². The highest BCUT2D eigenvalue weighted by Gasteiger charge is 2.68. The third-order valence-corrected chi connectivity index (χ3v) is 7.69. The van der Waals surface area contributed by atoms with Crippen LogP contribution in [0.4, 0.5) is 0 Å². The van der Waals surface area contributed by atoms with E-state index < -0.39 is 87.5 Å². The van der Waals surface area contributed by atoms with Gasteiger partial charge in [-0.3, -0.25) is 24.1 Å². The molecular formula is C26H30N2O9. The number of hydrogen-bond donors (Lipinski definition) is 5. The topological polar surface area (TPSA) is 188 Å². The van der Waals surface area contributed by atoms with Gasteiger partial charge in [0.25, 0.3) is 5.91 Å². The van der Waals surface area contributed by atoms with E-state index in [0.29, 0.717) is 5.56 Å². The van der Waals surface area contributed by atoms with Gasteiger partial charge in [0.1, 0.15) is 28.9 Å². The van der Waals surface area contributed by atoms with Crippen molar-refractivity contribution in [3.05, 3.63) is 52.0 Å². The van der Waals surface area contributed by atoms with Gasteiger partial charge in [0.15, 0.2) is 11.4 Å². The summed E-state index contributed by atoms with van der Waals surface area (Å²) in [6.45, 7) is 4.85. The number of phenolic OH excluding ortho intramolecular Hbond substituents is 1. The molecule has 11 nitrogen and oxygen atoms in total. The van der Waals surface area contributed by atoms with Crippen molar-refractivity contribution < 1.29 is 44.3 Å². The number of ether oxygens (including phenoxy) is 1. The number of nitrogens with zero attached hydrogens (tertiary/aromatic N) is 1. The molecule has 0 saturated carbocycles. The summed E-state index contributed by atoms with van der Waals surface area (Å²) in [6, 6.07) is 3.14. The Morgan fingerprint density at radius 3 is 2.30 bits per heavy atom. The molecule has 6 atom stereocenters. The van der Waals surface area contributed by atoms with E-state index in [0.717, 1.165) is 0 Å². The summed E-state index contributed by atoms with van der Waals surface area (Å²) in [6.07, 6.45) is -1.41. The number of benzene rings is 1. The molecule has 1 aromatic rings. The maximum atomic E-state index is 13.7. The fourth-order valence-corrected chi connectivity index (χ4v) is 5.96. The SMILES string of the molecule is CC(C)C(=O)O[C@@H]1[C@@H]2C(=C(O)[C@]3(O)C(=O)C(C(N)=O)=C(O)[C@H](N(C)C)[C@@H]13)C(=O)c1c(O)cccc1[C@H]2C. The van der Waals surface area contributed by atoms with Crippen molar-refractivity contribution in [3.63, 3.8) is 0 Å². The number of aliphatic hydroxyl groups excluding tert-OH is 2. The van der Waals surface area contributed by atoms with Crippen LogP contribution in [0.15, 0.2) is 40.9 Å². The third kappa shape index (κ3) is 3.48. The van der Waals surface area contributed by atoms with E-state index in [-0.39, 0.29) is 11.3 Å². The minimum absolute atomic E-state index is 0.121. The highest BCUT2D eigenvalue weighted by Crippen LogP contribution is 2.56. The van der Waals surface area contributed by atoms with Crippen molar-refractivity contribution in [2.75, 3.05) is 14.1 Å². The van der Waals surface area contributed by atoms with Crippen LogP contribution in [0.2, 0.25) is 0 Å². The summed E-state index contributed by atoms with van der Waals surface area (Å²) in [7, 11) is 2.99. The standard InChI is InChI=1S/C26H30N2O9/c1-9(2)25(35)37-21-13-10(3)11-7-6-8-12(29)14(11)19(30)15(13)22(32)26(36)17(21)18(28(4)5)20(31)16(23(26)33)24(27)34/h6-10,13,17-18,21,29,31-32,36H,1-5H3,(H2,27,34)/t10-,13+,17+,18-,21-,26+/m1/s1. The summed E-state index contributed by atoms with van der Waals surface area (Å²) in [5, 5.41) is 44.9. The number of rotatable bonds is 4. The van der Waals surface area contributed by atoms with E-state index in [4.69, 9.17) is 10.5 Å². The van der Waals surface area contributed by atoms with E-state index in [1.807, 2.05) is 0 Å². The predicted octanol–water partition coefficient (Wildman–Crippen LogP) is 0.859. The fourth-order valence-electron chi connectivity index (χ4n) is 5.96. The Balaban J connectivity index is 2.11. The average Bonchev–Trinajstić information content (AvgIpc) is 2.80. The number of amides is 1. The minimum atomic E-state index is -2.95. The molecule has 3 aliphatic rings. The molecule has 198 valence electrons. The van der Waals surface area contributed by atoms with Crippen LogP contribution >= 0.6 is 0 Å². The Hall–Kier alpha value is -3.70. The first-order valence-corrected chi connectivity index (χ1v) is 11.8. The van der Waals surface area contributed by atoms with Crippen LogP contribution in [0.1, 0.15) is 42.6 Å². The van der Waals surface area contributed by atoms with Gasteiger partial charge in [0.05, 0.1) is 23.4 Å². The lowest BCUT2D eigenvalue weighted by Gasteiger charge is -2.54. The van der Waals surface area contributed by atoms with Crippen molar-refractivity contribution in [2.24, 2.45) is 23.5 Å². The molecule has 0 fully saturated rings. The molecule has 0 bridgehead atoms. The zero-order valence-corrected chi connectivity index (χ0v) is 21.1. The molecule has 0 spiro atoms. The maximum absolute atomic E-state index is 13.7. The minimum Gasteiger partial charge on any atom is -0.510 e. The van der Waals surface area contributed by atoms with E-state index in [1.165, 1.54) is 25.1 Å². The number of ketones is 2. The Bertz CT molecular complexity index is 1290. The number of phenols is 1. The first kappa shape index (κ1) is 26.4. The van der Waals surface area contributed by atoms with E-state index in [1.54, 1.807) is 32.9 Å². The smallest absolute Gasteiger partial charge is 0.308 e. The second kappa shape index (κ2) is 8.70. The number of Topliss-reactive ketones (excluding diaryl/α,β-unsaturated/α-hetero) is 2. The van der Waals surface area contributed by atoms with Crippen LogP contribution in [0.3, 0.4) is 0 Å². The number of aromatic hydroxyl groups is 1. The predicted molar refractivity (Wildman–Crippen MR) is 128 cm³/mol. The molecule has 1 aromatic carbocycles. The van der Waals surface area contributed by atoms with Crippen LogP contribution in [0.25, 0.3) is 0 Å². The van der Waals surface area contributed by atoms with Crippen LogP contribution in [-0.4, -0.2) is 80.6 Å². The lowest BCUT2D eigenvalue weighted by Crippen LogP contribution is -2.69. The van der Waals surface area contributed by atoms with Crippen molar-refractivity contribution in [3.8, 4) is 5.75 Å². The van der Waals surface area contributed by atoms with E-state index in [9.17, 15) is 39.6 Å².